The molecular weight excluding hydrogens is 462 g/mol. The Balaban J connectivity index is 1.26. The molecule has 6 nitrogen and oxygen atoms in total. The number of hydrogen-bond acceptors (Lipinski definition) is 5. The molecule has 0 amide bonds. The first kappa shape index (κ1) is 25.5. The van der Waals surface area contributed by atoms with Crippen molar-refractivity contribution in [2.75, 3.05) is 26.3 Å². The Morgan fingerprint density at radius 3 is 2.71 bits per heavy atom. The van der Waals surface area contributed by atoms with Crippen molar-refractivity contribution < 1.29 is 14.6 Å². The van der Waals surface area contributed by atoms with E-state index in [4.69, 9.17) is 21.1 Å². The largest absolute Gasteiger partial charge is 0.492 e. The van der Waals surface area contributed by atoms with Crippen molar-refractivity contribution in [3.8, 4) is 11.5 Å². The van der Waals surface area contributed by atoms with E-state index in [0.717, 1.165) is 49.6 Å². The molecule has 1 N–H and O–H groups in total. The molecule has 1 fully saturated rings. The second-order valence-electron chi connectivity index (χ2n) is 9.89. The van der Waals surface area contributed by atoms with Gasteiger partial charge in [-0.2, -0.15) is 0 Å². The van der Waals surface area contributed by atoms with Crippen molar-refractivity contribution in [2.24, 2.45) is 0 Å². The zero-order valence-electron chi connectivity index (χ0n) is 20.9. The first-order chi connectivity index (χ1) is 16.8. The average Bonchev–Trinajstić information content (AvgIpc) is 3.30. The molecule has 1 aromatic heterocycles. The summed E-state index contributed by atoms with van der Waals surface area (Å²) in [5.41, 5.74) is 1.38. The third-order valence-corrected chi connectivity index (χ3v) is 6.72. The topological polar surface area (TPSA) is 59.8 Å². The maximum absolute atomic E-state index is 11.2. The van der Waals surface area contributed by atoms with Gasteiger partial charge in [-0.3, -0.25) is 4.90 Å². The molecule has 1 aliphatic heterocycles. The monoisotopic (exact) mass is 497 g/mol. The summed E-state index contributed by atoms with van der Waals surface area (Å²) in [4.78, 5) is 6.71. The number of aliphatic hydroxyl groups is 1. The summed E-state index contributed by atoms with van der Waals surface area (Å²) in [6.45, 7) is 10.2. The van der Waals surface area contributed by atoms with Gasteiger partial charge >= 0.3 is 0 Å². The Morgan fingerprint density at radius 1 is 1.14 bits per heavy atom. The van der Waals surface area contributed by atoms with Crippen molar-refractivity contribution in [1.29, 1.82) is 0 Å². The van der Waals surface area contributed by atoms with E-state index >= 15 is 0 Å². The van der Waals surface area contributed by atoms with Crippen LogP contribution >= 0.6 is 11.6 Å². The minimum atomic E-state index is -0.892. The van der Waals surface area contributed by atoms with Gasteiger partial charge in [0.15, 0.2) is 0 Å². The Labute approximate surface area is 213 Å². The van der Waals surface area contributed by atoms with Crippen LogP contribution in [-0.4, -0.2) is 51.5 Å². The summed E-state index contributed by atoms with van der Waals surface area (Å²) in [6.07, 6.45) is 5.49. The average molecular weight is 498 g/mol. The maximum atomic E-state index is 11.2. The number of nitrogens with zero attached hydrogens (tertiary/aromatic N) is 3. The number of likely N-dealkylation sites (tertiary alicyclic amines) is 1. The van der Waals surface area contributed by atoms with Crippen molar-refractivity contribution in [3.63, 3.8) is 0 Å². The number of ether oxygens (including phenoxy) is 2. The molecule has 0 spiro atoms. The highest BCUT2D eigenvalue weighted by molar-refractivity contribution is 6.32. The number of aryl methyl sites for hydroxylation is 1. The number of rotatable bonds is 10. The fraction of sp³-hybridized carbons (Fsp3) is 0.464. The SMILES string of the molecule is Cc1ccc(Cl)c(OCC2(O)CCCN(Cc3ccc(OCCn4ccnc4C(C)C)cc3)C2)c1. The van der Waals surface area contributed by atoms with Gasteiger partial charge in [-0.15, -0.1) is 0 Å². The number of benzene rings is 2. The molecular formula is C28H36ClN3O3. The van der Waals surface area contributed by atoms with E-state index in [-0.39, 0.29) is 6.61 Å². The Bertz CT molecular complexity index is 1100. The normalized spacial score (nSPS) is 18.7. The van der Waals surface area contributed by atoms with Crippen LogP contribution in [0.2, 0.25) is 5.02 Å². The molecule has 0 bridgehead atoms. The zero-order valence-corrected chi connectivity index (χ0v) is 21.7. The van der Waals surface area contributed by atoms with E-state index < -0.39 is 5.60 Å². The van der Waals surface area contributed by atoms with Gasteiger partial charge in [0, 0.05) is 31.4 Å². The van der Waals surface area contributed by atoms with Gasteiger partial charge in [0.05, 0.1) is 11.6 Å². The van der Waals surface area contributed by atoms with Crippen LogP contribution in [0, 0.1) is 6.92 Å². The molecule has 2 aromatic carbocycles. The van der Waals surface area contributed by atoms with E-state index in [2.05, 4.69) is 40.4 Å². The van der Waals surface area contributed by atoms with Crippen LogP contribution in [0.15, 0.2) is 54.9 Å². The van der Waals surface area contributed by atoms with Crippen LogP contribution in [0.5, 0.6) is 11.5 Å². The van der Waals surface area contributed by atoms with Crippen LogP contribution in [0.4, 0.5) is 0 Å². The maximum Gasteiger partial charge on any atom is 0.138 e. The fourth-order valence-corrected chi connectivity index (χ4v) is 4.79. The van der Waals surface area contributed by atoms with Crippen molar-refractivity contribution in [2.45, 2.75) is 58.2 Å². The number of hydrogen-bond donors (Lipinski definition) is 1. The molecule has 1 aliphatic rings. The van der Waals surface area contributed by atoms with Gasteiger partial charge in [0.2, 0.25) is 0 Å². The Kier molecular flexibility index (Phi) is 8.37. The number of imidazole rings is 1. The third-order valence-electron chi connectivity index (χ3n) is 6.41. The zero-order chi connectivity index (χ0) is 24.8. The van der Waals surface area contributed by atoms with E-state index in [1.54, 1.807) is 0 Å². The molecule has 35 heavy (non-hydrogen) atoms. The minimum Gasteiger partial charge on any atom is -0.492 e. The molecule has 4 rings (SSSR count). The first-order valence-corrected chi connectivity index (χ1v) is 12.8. The summed E-state index contributed by atoms with van der Waals surface area (Å²) in [6, 6.07) is 13.9. The smallest absolute Gasteiger partial charge is 0.138 e. The molecule has 0 radical (unpaired) electrons. The molecule has 188 valence electrons. The summed E-state index contributed by atoms with van der Waals surface area (Å²) >= 11 is 6.25. The van der Waals surface area contributed by atoms with Crippen molar-refractivity contribution in [3.05, 3.63) is 76.8 Å². The molecule has 0 saturated carbocycles. The number of aromatic nitrogens is 2. The number of halogens is 1. The third kappa shape index (κ3) is 7.00. The Morgan fingerprint density at radius 2 is 1.94 bits per heavy atom. The molecule has 3 aromatic rings. The second kappa shape index (κ2) is 11.5. The van der Waals surface area contributed by atoms with Gasteiger partial charge in [-0.25, -0.2) is 4.98 Å². The van der Waals surface area contributed by atoms with Gasteiger partial charge in [-0.05, 0) is 61.7 Å². The number of piperidine rings is 1. The quantitative estimate of drug-likeness (QED) is 0.403. The van der Waals surface area contributed by atoms with Gasteiger partial charge in [-0.1, -0.05) is 43.6 Å². The van der Waals surface area contributed by atoms with Crippen molar-refractivity contribution in [1.82, 2.24) is 14.5 Å². The predicted molar refractivity (Wildman–Crippen MR) is 139 cm³/mol. The minimum absolute atomic E-state index is 0.231. The molecule has 1 unspecified atom stereocenters. The molecule has 2 heterocycles. The highest BCUT2D eigenvalue weighted by Crippen LogP contribution is 2.29. The van der Waals surface area contributed by atoms with E-state index in [1.165, 1.54) is 5.56 Å². The van der Waals surface area contributed by atoms with Crippen LogP contribution < -0.4 is 9.47 Å². The van der Waals surface area contributed by atoms with Crippen LogP contribution in [0.3, 0.4) is 0 Å². The molecule has 1 saturated heterocycles. The lowest BCUT2D eigenvalue weighted by Crippen LogP contribution is -2.51. The lowest BCUT2D eigenvalue weighted by Gasteiger charge is -2.39. The van der Waals surface area contributed by atoms with Crippen LogP contribution in [-0.2, 0) is 13.1 Å². The van der Waals surface area contributed by atoms with Gasteiger partial charge in [0.25, 0.3) is 0 Å². The second-order valence-corrected chi connectivity index (χ2v) is 10.3. The standard InChI is InChI=1S/C28H36ClN3O3/c1-21(2)27-30-12-14-32(27)15-16-34-24-8-6-23(7-9-24)18-31-13-4-11-28(33,19-31)20-35-26-17-22(3)5-10-25(26)29/h5-10,12,14,17,21,33H,4,11,13,15-16,18-20H2,1-3H3. The lowest BCUT2D eigenvalue weighted by atomic mass is 9.93. The van der Waals surface area contributed by atoms with E-state index in [1.807, 2.05) is 49.6 Å². The fourth-order valence-electron chi connectivity index (χ4n) is 4.61. The van der Waals surface area contributed by atoms with E-state index in [0.29, 0.717) is 29.8 Å². The van der Waals surface area contributed by atoms with E-state index in [9.17, 15) is 5.11 Å². The lowest BCUT2D eigenvalue weighted by molar-refractivity contribution is -0.0620. The first-order valence-electron chi connectivity index (χ1n) is 12.4. The highest BCUT2D eigenvalue weighted by Gasteiger charge is 2.34. The highest BCUT2D eigenvalue weighted by atomic mass is 35.5. The van der Waals surface area contributed by atoms with Gasteiger partial charge in [0.1, 0.15) is 36.1 Å². The number of β-amino-alcohol motifs (C(OH)–C–C–N with tert-alkyl or cyclic N) is 1. The Hall–Kier alpha value is -2.54. The predicted octanol–water partition coefficient (Wildman–Crippen LogP) is 5.45. The molecule has 1 atom stereocenters. The van der Waals surface area contributed by atoms with Gasteiger partial charge < -0.3 is 19.1 Å². The summed E-state index contributed by atoms with van der Waals surface area (Å²) < 4.78 is 14.0. The molecule has 7 heteroatoms. The summed E-state index contributed by atoms with van der Waals surface area (Å²) in [5.74, 6) is 2.96. The summed E-state index contributed by atoms with van der Waals surface area (Å²) in [5, 5.41) is 11.7. The molecule has 0 aliphatic carbocycles. The van der Waals surface area contributed by atoms with Crippen LogP contribution in [0.1, 0.15) is 49.6 Å². The summed E-state index contributed by atoms with van der Waals surface area (Å²) in [7, 11) is 0. The van der Waals surface area contributed by atoms with Crippen LogP contribution in [0.25, 0.3) is 0 Å². The van der Waals surface area contributed by atoms with Crippen molar-refractivity contribution >= 4 is 11.6 Å².